The van der Waals surface area contributed by atoms with E-state index < -0.39 is 5.41 Å². The molecule has 296 valence electrons. The van der Waals surface area contributed by atoms with Gasteiger partial charge in [0.05, 0.1) is 16.8 Å². The van der Waals surface area contributed by atoms with Gasteiger partial charge in [-0.05, 0) is 92.0 Å². The van der Waals surface area contributed by atoms with Crippen LogP contribution in [0.3, 0.4) is 0 Å². The minimum absolute atomic E-state index is 0.560. The van der Waals surface area contributed by atoms with Gasteiger partial charge in [0.2, 0.25) is 0 Å². The summed E-state index contributed by atoms with van der Waals surface area (Å²) in [4.78, 5) is 2.52. The number of furan rings is 1. The Hall–Kier alpha value is -8.20. The van der Waals surface area contributed by atoms with Crippen LogP contribution in [-0.2, 0) is 5.41 Å². The summed E-state index contributed by atoms with van der Waals surface area (Å²) in [5.41, 5.74) is 18.8. The second-order valence-electron chi connectivity index (χ2n) is 16.3. The molecule has 1 aliphatic rings. The molecule has 2 heteroatoms. The highest BCUT2D eigenvalue weighted by Gasteiger charge is 2.47. The number of rotatable bonds is 8. The molecule has 0 saturated carbocycles. The molecule has 0 saturated heterocycles. The van der Waals surface area contributed by atoms with E-state index in [1.807, 2.05) is 6.07 Å². The lowest BCUT2D eigenvalue weighted by Crippen LogP contribution is -2.28. The Morgan fingerprint density at radius 3 is 1.51 bits per heavy atom. The Kier molecular flexibility index (Phi) is 8.76. The maximum atomic E-state index is 6.46. The zero-order chi connectivity index (χ0) is 41.7. The molecule has 0 bridgehead atoms. The quantitative estimate of drug-likeness (QED) is 0.152. The van der Waals surface area contributed by atoms with E-state index in [2.05, 4.69) is 248 Å². The first-order chi connectivity index (χ1) is 31.3. The monoisotopic (exact) mass is 803 g/mol. The van der Waals surface area contributed by atoms with Gasteiger partial charge in [-0.3, -0.25) is 0 Å². The van der Waals surface area contributed by atoms with Crippen LogP contribution in [0.25, 0.3) is 66.4 Å². The lowest BCUT2D eigenvalue weighted by Gasteiger charge is -2.35. The van der Waals surface area contributed by atoms with Crippen LogP contribution >= 0.6 is 0 Å². The van der Waals surface area contributed by atoms with Gasteiger partial charge >= 0.3 is 0 Å². The summed E-state index contributed by atoms with van der Waals surface area (Å²) in [6.45, 7) is 0. The zero-order valence-electron chi connectivity index (χ0n) is 34.5. The van der Waals surface area contributed by atoms with Crippen LogP contribution in [0, 0.1) is 0 Å². The molecule has 63 heavy (non-hydrogen) atoms. The molecule has 2 nitrogen and oxygen atoms in total. The van der Waals surface area contributed by atoms with E-state index in [9.17, 15) is 0 Å². The Bertz CT molecular complexity index is 3400. The van der Waals surface area contributed by atoms with Crippen molar-refractivity contribution >= 4 is 39.0 Å². The van der Waals surface area contributed by atoms with E-state index in [1.165, 1.54) is 44.5 Å². The van der Waals surface area contributed by atoms with Crippen molar-refractivity contribution in [3.8, 4) is 44.5 Å². The average molecular weight is 804 g/mol. The predicted molar refractivity (Wildman–Crippen MR) is 262 cm³/mol. The van der Waals surface area contributed by atoms with Crippen LogP contribution in [-0.4, -0.2) is 0 Å². The number of para-hydroxylation sites is 1. The number of anilines is 3. The third kappa shape index (κ3) is 5.80. The second-order valence-corrected chi connectivity index (χ2v) is 16.3. The highest BCUT2D eigenvalue weighted by Crippen LogP contribution is 2.60. The van der Waals surface area contributed by atoms with Crippen LogP contribution in [0.15, 0.2) is 253 Å². The predicted octanol–water partition coefficient (Wildman–Crippen LogP) is 16.4. The van der Waals surface area contributed by atoms with Crippen molar-refractivity contribution in [2.75, 3.05) is 4.90 Å². The van der Waals surface area contributed by atoms with Crippen LogP contribution < -0.4 is 4.90 Å². The van der Waals surface area contributed by atoms with E-state index in [-0.39, 0.29) is 0 Å². The van der Waals surface area contributed by atoms with Gasteiger partial charge in [0.25, 0.3) is 0 Å². The van der Waals surface area contributed by atoms with Crippen molar-refractivity contribution in [3.63, 3.8) is 0 Å². The van der Waals surface area contributed by atoms with Crippen molar-refractivity contribution in [3.05, 3.63) is 271 Å². The minimum atomic E-state index is -0.560. The van der Waals surface area contributed by atoms with Gasteiger partial charge in [-0.25, -0.2) is 0 Å². The van der Waals surface area contributed by atoms with Crippen LogP contribution in [0.4, 0.5) is 17.1 Å². The van der Waals surface area contributed by atoms with Gasteiger partial charge in [0.15, 0.2) is 0 Å². The largest absolute Gasteiger partial charge is 0.456 e. The topological polar surface area (TPSA) is 16.4 Å². The molecule has 0 unspecified atom stereocenters. The molecule has 0 amide bonds. The van der Waals surface area contributed by atoms with E-state index in [0.29, 0.717) is 0 Å². The van der Waals surface area contributed by atoms with Crippen molar-refractivity contribution < 1.29 is 4.42 Å². The highest BCUT2D eigenvalue weighted by molar-refractivity contribution is 6.09. The third-order valence-corrected chi connectivity index (χ3v) is 13.0. The van der Waals surface area contributed by atoms with Crippen molar-refractivity contribution in [1.82, 2.24) is 0 Å². The van der Waals surface area contributed by atoms with Gasteiger partial charge in [0.1, 0.15) is 11.2 Å². The zero-order valence-corrected chi connectivity index (χ0v) is 34.5. The highest BCUT2D eigenvalue weighted by atomic mass is 16.3. The molecule has 1 heterocycles. The molecule has 11 aromatic rings. The second kappa shape index (κ2) is 15.1. The molecule has 0 spiro atoms. The fourth-order valence-corrected chi connectivity index (χ4v) is 10.4. The maximum absolute atomic E-state index is 6.46. The lowest BCUT2D eigenvalue weighted by atomic mass is 9.68. The van der Waals surface area contributed by atoms with E-state index >= 15 is 0 Å². The fraction of sp³-hybridized carbons (Fsp3) is 0.0164. The van der Waals surface area contributed by atoms with Gasteiger partial charge in [-0.1, -0.05) is 212 Å². The van der Waals surface area contributed by atoms with Crippen LogP contribution in [0.2, 0.25) is 0 Å². The molecule has 1 aromatic heterocycles. The number of hydrogen-bond donors (Lipinski definition) is 0. The minimum Gasteiger partial charge on any atom is -0.456 e. The van der Waals surface area contributed by atoms with E-state index in [1.54, 1.807) is 0 Å². The number of hydrogen-bond acceptors (Lipinski definition) is 2. The Morgan fingerprint density at radius 2 is 0.810 bits per heavy atom. The SMILES string of the molecule is c1ccc(-c2ccccc2-c2c(-c3ccccc3)cccc2N(c2ccc3oc4ccccc4c3c2)c2cccc3c2-c2ccccc2C3(c2ccccc2)c2ccccc2)cc1. The van der Waals surface area contributed by atoms with Crippen molar-refractivity contribution in [2.45, 2.75) is 5.41 Å². The molecular formula is C61H41NO. The van der Waals surface area contributed by atoms with Crippen LogP contribution in [0.1, 0.15) is 22.3 Å². The lowest BCUT2D eigenvalue weighted by molar-refractivity contribution is 0.669. The summed E-state index contributed by atoms with van der Waals surface area (Å²) in [6.07, 6.45) is 0. The smallest absolute Gasteiger partial charge is 0.135 e. The van der Waals surface area contributed by atoms with Gasteiger partial charge < -0.3 is 9.32 Å². The third-order valence-electron chi connectivity index (χ3n) is 13.0. The summed E-state index contributed by atoms with van der Waals surface area (Å²) in [6, 6.07) is 90.4. The van der Waals surface area contributed by atoms with Crippen molar-refractivity contribution in [1.29, 1.82) is 0 Å². The number of fused-ring (bicyclic) bond motifs is 6. The summed E-state index contributed by atoms with van der Waals surface area (Å²) in [7, 11) is 0. The van der Waals surface area contributed by atoms with Gasteiger partial charge in [0, 0.05) is 27.6 Å². The molecule has 0 fully saturated rings. The van der Waals surface area contributed by atoms with Gasteiger partial charge in [-0.15, -0.1) is 0 Å². The van der Waals surface area contributed by atoms with Crippen LogP contribution in [0.5, 0.6) is 0 Å². The Labute approximate surface area is 367 Å². The standard InChI is InChI=1S/C61H41NO/c1-5-21-42(22-6-1)47-29-13-14-31-50(47)59-48(43-23-7-2-8-24-43)33-19-36-55(59)62(46-39-40-58-52(41-46)49-30-16-18-38-57(49)63-58)56-37-20-35-54-60(56)51-32-15-17-34-53(51)61(54,44-25-9-3-10-26-44)45-27-11-4-12-28-45/h1-41H. The first-order valence-corrected chi connectivity index (χ1v) is 21.7. The fourth-order valence-electron chi connectivity index (χ4n) is 10.4. The van der Waals surface area contributed by atoms with E-state index in [4.69, 9.17) is 4.42 Å². The summed E-state index contributed by atoms with van der Waals surface area (Å²) in [5.74, 6) is 0. The molecule has 1 aliphatic carbocycles. The Balaban J connectivity index is 1.22. The maximum Gasteiger partial charge on any atom is 0.135 e. The number of nitrogens with zero attached hydrogens (tertiary/aromatic N) is 1. The number of benzene rings is 10. The molecule has 0 atom stereocenters. The first-order valence-electron chi connectivity index (χ1n) is 21.7. The van der Waals surface area contributed by atoms with Gasteiger partial charge in [-0.2, -0.15) is 0 Å². The Morgan fingerprint density at radius 1 is 0.317 bits per heavy atom. The molecule has 0 aliphatic heterocycles. The first kappa shape index (κ1) is 36.6. The normalized spacial score (nSPS) is 12.6. The summed E-state index contributed by atoms with van der Waals surface area (Å²) >= 11 is 0. The molecular weight excluding hydrogens is 763 g/mol. The molecule has 0 N–H and O–H groups in total. The molecule has 12 rings (SSSR count). The summed E-state index contributed by atoms with van der Waals surface area (Å²) in [5, 5.41) is 2.17. The average Bonchev–Trinajstić information content (AvgIpc) is 3.89. The van der Waals surface area contributed by atoms with Crippen molar-refractivity contribution in [2.24, 2.45) is 0 Å². The summed E-state index contributed by atoms with van der Waals surface area (Å²) < 4.78 is 6.46. The molecule has 0 radical (unpaired) electrons. The van der Waals surface area contributed by atoms with E-state index in [0.717, 1.165) is 61.3 Å². The molecule has 10 aromatic carbocycles.